The van der Waals surface area contributed by atoms with Crippen molar-refractivity contribution in [3.05, 3.63) is 22.1 Å². The van der Waals surface area contributed by atoms with Gasteiger partial charge in [0.05, 0.1) is 11.2 Å². The molecule has 118 valence electrons. The number of rotatable bonds is 9. The molecule has 0 aliphatic heterocycles. The summed E-state index contributed by atoms with van der Waals surface area (Å²) in [5, 5.41) is 13.0. The highest BCUT2D eigenvalue weighted by atomic mass is 32.1. The summed E-state index contributed by atoms with van der Waals surface area (Å²) in [5.41, 5.74) is 10.1. The van der Waals surface area contributed by atoms with Crippen molar-refractivity contribution in [2.45, 2.75) is 25.0 Å². The van der Waals surface area contributed by atoms with Gasteiger partial charge in [0.15, 0.2) is 6.10 Å². The summed E-state index contributed by atoms with van der Waals surface area (Å²) in [6.45, 7) is 0. The summed E-state index contributed by atoms with van der Waals surface area (Å²) < 4.78 is 5.02. The molecule has 0 radical (unpaired) electrons. The van der Waals surface area contributed by atoms with Gasteiger partial charge in [-0.05, 0) is 6.42 Å². The van der Waals surface area contributed by atoms with Crippen LogP contribution in [-0.2, 0) is 19.1 Å². The van der Waals surface area contributed by atoms with Crippen LogP contribution in [0.5, 0.6) is 0 Å². The van der Waals surface area contributed by atoms with Gasteiger partial charge in [0.1, 0.15) is 6.04 Å². The van der Waals surface area contributed by atoms with Crippen LogP contribution in [0.2, 0.25) is 0 Å². The van der Waals surface area contributed by atoms with Crippen LogP contribution in [0.1, 0.15) is 24.6 Å². The Hall–Kier alpha value is -2.42. The molecule has 0 aliphatic carbocycles. The second-order valence-electron chi connectivity index (χ2n) is 4.18. The van der Waals surface area contributed by atoms with E-state index in [-0.39, 0.29) is 12.8 Å². The molecule has 0 aromatic carbocycles. The molecule has 9 nitrogen and oxygen atoms in total. The van der Waals surface area contributed by atoms with E-state index in [0.29, 0.717) is 11.9 Å². The fourth-order valence-corrected chi connectivity index (χ4v) is 2.20. The Morgan fingerprint density at radius 1 is 1.59 bits per heavy atom. The van der Waals surface area contributed by atoms with Crippen LogP contribution < -0.4 is 5.32 Å². The molecule has 2 unspecified atom stereocenters. The van der Waals surface area contributed by atoms with E-state index in [1.54, 1.807) is 5.38 Å². The predicted molar refractivity (Wildman–Crippen MR) is 75.4 cm³/mol. The van der Waals surface area contributed by atoms with Crippen LogP contribution in [-0.4, -0.2) is 51.9 Å². The number of carbonyl (C=O) groups excluding carboxylic acids is 2. The maximum absolute atomic E-state index is 12.1. The molecule has 2 N–H and O–H groups in total. The molecule has 1 aromatic rings. The number of Topliss-reactive ketones (excluding diaryl/α,β-unsaturated/α-hetero) is 1. The summed E-state index contributed by atoms with van der Waals surface area (Å²) >= 11 is 1.28. The normalized spacial score (nSPS) is 12.8. The molecular formula is C12H14N4O5S. The molecule has 22 heavy (non-hydrogen) atoms. The molecule has 0 saturated heterocycles. The minimum atomic E-state index is -1.28. The van der Waals surface area contributed by atoms with Crippen molar-refractivity contribution in [2.75, 3.05) is 7.11 Å². The Morgan fingerprint density at radius 3 is 2.82 bits per heavy atom. The van der Waals surface area contributed by atoms with Crippen molar-refractivity contribution in [1.82, 2.24) is 10.3 Å². The zero-order valence-corrected chi connectivity index (χ0v) is 12.4. The third-order valence-corrected chi connectivity index (χ3v) is 3.29. The van der Waals surface area contributed by atoms with E-state index in [2.05, 4.69) is 15.1 Å². The second kappa shape index (κ2) is 8.78. The highest BCUT2D eigenvalue weighted by Crippen LogP contribution is 2.17. The number of carbonyl (C=O) groups is 3. The summed E-state index contributed by atoms with van der Waals surface area (Å²) in [4.78, 5) is 40.9. The zero-order chi connectivity index (χ0) is 16.5. The maximum atomic E-state index is 12.1. The SMILES string of the molecule is COC(C(=O)NC(CCC(=O)C=[N+]=[N-])C(=O)O)c1cscn1. The van der Waals surface area contributed by atoms with Gasteiger partial charge in [-0.3, -0.25) is 9.59 Å². The number of ether oxygens (including phenoxy) is 1. The van der Waals surface area contributed by atoms with Crippen molar-refractivity contribution in [1.29, 1.82) is 0 Å². The van der Waals surface area contributed by atoms with Gasteiger partial charge < -0.3 is 20.7 Å². The zero-order valence-electron chi connectivity index (χ0n) is 11.6. The van der Waals surface area contributed by atoms with Crippen LogP contribution in [0, 0.1) is 0 Å². The summed E-state index contributed by atoms with van der Waals surface area (Å²) in [5.74, 6) is -2.50. The standard InChI is InChI=1S/C12H14N4O5S/c1-21-10(9-5-22-6-14-9)11(18)16-8(12(19)20)3-2-7(17)4-15-13/h4-6,8,10H,2-3H2,1H3,(H,16,18)(H,19,20). The lowest BCUT2D eigenvalue weighted by Crippen LogP contribution is -2.43. The summed E-state index contributed by atoms with van der Waals surface area (Å²) in [6, 6.07) is -1.26. The third-order valence-electron chi connectivity index (χ3n) is 2.69. The van der Waals surface area contributed by atoms with Crippen molar-refractivity contribution < 1.29 is 29.0 Å². The van der Waals surface area contributed by atoms with E-state index in [9.17, 15) is 14.4 Å². The van der Waals surface area contributed by atoms with Gasteiger partial charge >= 0.3 is 12.2 Å². The van der Waals surface area contributed by atoms with Gasteiger partial charge in [0.25, 0.3) is 5.91 Å². The van der Waals surface area contributed by atoms with Gasteiger partial charge in [0, 0.05) is 18.9 Å². The average molecular weight is 326 g/mol. The number of ketones is 1. The number of amides is 1. The second-order valence-corrected chi connectivity index (χ2v) is 4.90. The lowest BCUT2D eigenvalue weighted by atomic mass is 10.1. The predicted octanol–water partition coefficient (Wildman–Crippen LogP) is 0.0499. The highest BCUT2D eigenvalue weighted by Gasteiger charge is 2.27. The van der Waals surface area contributed by atoms with Crippen molar-refractivity contribution in [3.8, 4) is 0 Å². The quantitative estimate of drug-likeness (QED) is 0.373. The molecular weight excluding hydrogens is 312 g/mol. The van der Waals surface area contributed by atoms with Gasteiger partial charge in [-0.25, -0.2) is 9.78 Å². The van der Waals surface area contributed by atoms with Crippen molar-refractivity contribution in [3.63, 3.8) is 0 Å². The monoisotopic (exact) mass is 326 g/mol. The Kier molecular flexibility index (Phi) is 7.03. The fourth-order valence-electron chi connectivity index (χ4n) is 1.63. The number of thiazole rings is 1. The molecule has 0 bridgehead atoms. The summed E-state index contributed by atoms with van der Waals surface area (Å²) in [6.07, 6.45) is -0.675. The topological polar surface area (TPSA) is 142 Å². The Bertz CT molecular complexity index is 582. The van der Waals surface area contributed by atoms with Crippen LogP contribution in [0.15, 0.2) is 10.9 Å². The minimum Gasteiger partial charge on any atom is -0.480 e. The van der Waals surface area contributed by atoms with Crippen molar-refractivity contribution >= 4 is 35.2 Å². The number of carboxylic acids is 1. The van der Waals surface area contributed by atoms with E-state index in [4.69, 9.17) is 15.4 Å². The first-order chi connectivity index (χ1) is 10.5. The lowest BCUT2D eigenvalue weighted by molar-refractivity contribution is -0.144. The Balaban J connectivity index is 2.69. The first-order valence-electron chi connectivity index (χ1n) is 6.14. The Labute approximate surface area is 129 Å². The molecule has 0 fully saturated rings. The third kappa shape index (κ3) is 5.17. The first kappa shape index (κ1) is 17.6. The van der Waals surface area contributed by atoms with Crippen LogP contribution in [0.25, 0.3) is 5.53 Å². The largest absolute Gasteiger partial charge is 0.480 e. The van der Waals surface area contributed by atoms with Crippen LogP contribution >= 0.6 is 11.3 Å². The van der Waals surface area contributed by atoms with E-state index in [1.165, 1.54) is 24.0 Å². The molecule has 10 heteroatoms. The van der Waals surface area contributed by atoms with E-state index >= 15 is 0 Å². The van der Waals surface area contributed by atoms with E-state index in [0.717, 1.165) is 0 Å². The molecule has 0 aliphatic rings. The number of carboxylic acid groups (broad SMARTS) is 1. The number of nitrogens with one attached hydrogen (secondary N) is 1. The first-order valence-corrected chi connectivity index (χ1v) is 7.08. The number of nitrogens with zero attached hydrogens (tertiary/aromatic N) is 3. The fraction of sp³-hybridized carbons (Fsp3) is 0.417. The average Bonchev–Trinajstić information content (AvgIpc) is 2.98. The minimum absolute atomic E-state index is 0.139. The number of methoxy groups -OCH3 is 1. The molecule has 1 amide bonds. The van der Waals surface area contributed by atoms with E-state index < -0.39 is 29.8 Å². The van der Waals surface area contributed by atoms with Gasteiger partial charge in [-0.15, -0.1) is 11.3 Å². The van der Waals surface area contributed by atoms with Gasteiger partial charge in [-0.2, -0.15) is 4.79 Å². The summed E-state index contributed by atoms with van der Waals surface area (Å²) in [7, 11) is 1.31. The number of aliphatic carboxylic acids is 1. The number of hydrogen-bond donors (Lipinski definition) is 2. The van der Waals surface area contributed by atoms with Crippen LogP contribution in [0.3, 0.4) is 0 Å². The van der Waals surface area contributed by atoms with Crippen LogP contribution in [0.4, 0.5) is 0 Å². The molecule has 2 atom stereocenters. The lowest BCUT2D eigenvalue weighted by Gasteiger charge is -2.17. The molecule has 1 rings (SSSR count). The van der Waals surface area contributed by atoms with Gasteiger partial charge in [-0.1, -0.05) is 0 Å². The highest BCUT2D eigenvalue weighted by molar-refractivity contribution is 7.07. The molecule has 0 saturated carbocycles. The molecule has 0 spiro atoms. The molecule has 1 heterocycles. The smallest absolute Gasteiger partial charge is 0.326 e. The Morgan fingerprint density at radius 2 is 2.32 bits per heavy atom. The molecule has 1 aromatic heterocycles. The van der Waals surface area contributed by atoms with Gasteiger partial charge in [0.2, 0.25) is 5.78 Å². The van der Waals surface area contributed by atoms with Crippen molar-refractivity contribution in [2.24, 2.45) is 0 Å². The number of hydrogen-bond acceptors (Lipinski definition) is 6. The maximum Gasteiger partial charge on any atom is 0.326 e. The number of aromatic nitrogens is 1. The van der Waals surface area contributed by atoms with E-state index in [1.807, 2.05) is 0 Å².